The molecule has 1 saturated carbocycles. The Morgan fingerprint density at radius 3 is 3.00 bits per heavy atom. The molecule has 0 radical (unpaired) electrons. The van der Waals surface area contributed by atoms with Gasteiger partial charge in [-0.25, -0.2) is 9.97 Å². The summed E-state index contributed by atoms with van der Waals surface area (Å²) in [6, 6.07) is 6.24. The van der Waals surface area contributed by atoms with E-state index in [0.29, 0.717) is 5.92 Å². The summed E-state index contributed by atoms with van der Waals surface area (Å²) in [7, 11) is 0. The lowest BCUT2D eigenvalue weighted by Gasteiger charge is -2.07. The fourth-order valence-corrected chi connectivity index (χ4v) is 3.44. The minimum Gasteiger partial charge on any atom is -0.370 e. The Morgan fingerprint density at radius 1 is 1.44 bits per heavy atom. The van der Waals surface area contributed by atoms with Crippen LogP contribution in [0.15, 0.2) is 32.8 Å². The molecule has 2 aromatic rings. The van der Waals surface area contributed by atoms with Gasteiger partial charge >= 0.3 is 0 Å². The summed E-state index contributed by atoms with van der Waals surface area (Å²) in [5, 5.41) is 6.43. The molecule has 1 aliphatic rings. The number of thiophene rings is 1. The highest BCUT2D eigenvalue weighted by Gasteiger charge is 2.27. The minimum atomic E-state index is 0.589. The average Bonchev–Trinajstić information content (AvgIpc) is 3.09. The molecule has 1 aliphatic carbocycles. The fourth-order valence-electron chi connectivity index (χ4n) is 1.72. The fraction of sp³-hybridized carbons (Fsp3) is 0.385. The third kappa shape index (κ3) is 2.84. The number of hydrogen-bond donors (Lipinski definition) is 1. The van der Waals surface area contributed by atoms with Crippen molar-refractivity contribution in [2.75, 3.05) is 11.9 Å². The van der Waals surface area contributed by atoms with Crippen LogP contribution in [0.5, 0.6) is 0 Å². The lowest BCUT2D eigenvalue weighted by molar-refractivity contribution is 0.877. The summed E-state index contributed by atoms with van der Waals surface area (Å²) in [5.41, 5.74) is 0. The zero-order valence-corrected chi connectivity index (χ0v) is 11.9. The summed E-state index contributed by atoms with van der Waals surface area (Å²) < 4.78 is 1.28. The highest BCUT2D eigenvalue weighted by Crippen LogP contribution is 2.40. The first-order valence-corrected chi connectivity index (χ1v) is 7.89. The van der Waals surface area contributed by atoms with Crippen LogP contribution in [0.1, 0.15) is 31.5 Å². The van der Waals surface area contributed by atoms with E-state index in [1.165, 1.54) is 17.1 Å². The van der Waals surface area contributed by atoms with Crippen LogP contribution in [-0.2, 0) is 0 Å². The molecule has 94 valence electrons. The largest absolute Gasteiger partial charge is 0.370 e. The van der Waals surface area contributed by atoms with Gasteiger partial charge in [-0.1, -0.05) is 17.8 Å². The molecule has 0 aromatic carbocycles. The van der Waals surface area contributed by atoms with E-state index in [4.69, 9.17) is 0 Å². The third-order valence-corrected chi connectivity index (χ3v) is 4.68. The number of nitrogens with zero attached hydrogens (tertiary/aromatic N) is 2. The highest BCUT2D eigenvalue weighted by molar-refractivity contribution is 8.01. The van der Waals surface area contributed by atoms with Crippen LogP contribution in [0.3, 0.4) is 0 Å². The molecule has 2 aromatic heterocycles. The number of aromatic nitrogens is 2. The van der Waals surface area contributed by atoms with Gasteiger partial charge < -0.3 is 5.32 Å². The first-order valence-electron chi connectivity index (χ1n) is 6.19. The van der Waals surface area contributed by atoms with Crippen molar-refractivity contribution < 1.29 is 0 Å². The van der Waals surface area contributed by atoms with Crippen LogP contribution in [0.2, 0.25) is 0 Å². The van der Waals surface area contributed by atoms with E-state index in [0.717, 1.165) is 23.2 Å². The van der Waals surface area contributed by atoms with Crippen LogP contribution in [-0.4, -0.2) is 16.5 Å². The van der Waals surface area contributed by atoms with Crippen LogP contribution in [0, 0.1) is 0 Å². The Balaban J connectivity index is 1.87. The van der Waals surface area contributed by atoms with E-state index in [1.54, 1.807) is 23.1 Å². The zero-order valence-electron chi connectivity index (χ0n) is 10.2. The quantitative estimate of drug-likeness (QED) is 0.838. The van der Waals surface area contributed by atoms with Crippen molar-refractivity contribution in [3.63, 3.8) is 0 Å². The molecule has 0 amide bonds. The predicted octanol–water partition coefficient (Wildman–Crippen LogP) is 4.00. The summed E-state index contributed by atoms with van der Waals surface area (Å²) in [5.74, 6) is 2.55. The van der Waals surface area contributed by atoms with Crippen molar-refractivity contribution in [2.24, 2.45) is 0 Å². The van der Waals surface area contributed by atoms with E-state index >= 15 is 0 Å². The predicted molar refractivity (Wildman–Crippen MR) is 76.6 cm³/mol. The van der Waals surface area contributed by atoms with Crippen molar-refractivity contribution in [3.05, 3.63) is 29.4 Å². The van der Waals surface area contributed by atoms with Crippen molar-refractivity contribution in [2.45, 2.75) is 34.9 Å². The maximum atomic E-state index is 4.67. The van der Waals surface area contributed by atoms with Crippen LogP contribution in [0.4, 0.5) is 5.82 Å². The van der Waals surface area contributed by atoms with Crippen LogP contribution >= 0.6 is 23.1 Å². The smallest absolute Gasteiger partial charge is 0.135 e. The van der Waals surface area contributed by atoms with E-state index in [9.17, 15) is 0 Å². The molecular weight excluding hydrogens is 262 g/mol. The maximum Gasteiger partial charge on any atom is 0.135 e. The lowest BCUT2D eigenvalue weighted by Crippen LogP contribution is -2.03. The summed E-state index contributed by atoms with van der Waals surface area (Å²) in [4.78, 5) is 9.25. The van der Waals surface area contributed by atoms with Gasteiger partial charge in [0.2, 0.25) is 0 Å². The first kappa shape index (κ1) is 12.0. The van der Waals surface area contributed by atoms with Crippen molar-refractivity contribution in [1.29, 1.82) is 0 Å². The van der Waals surface area contributed by atoms with Gasteiger partial charge in [-0.05, 0) is 31.2 Å². The molecule has 2 heterocycles. The van der Waals surface area contributed by atoms with Crippen molar-refractivity contribution >= 4 is 28.9 Å². The van der Waals surface area contributed by atoms with E-state index in [-0.39, 0.29) is 0 Å². The van der Waals surface area contributed by atoms with Gasteiger partial charge in [-0.3, -0.25) is 0 Å². The van der Waals surface area contributed by atoms with Gasteiger partial charge in [0.15, 0.2) is 0 Å². The number of nitrogens with one attached hydrogen (secondary N) is 1. The Hall–Kier alpha value is -1.07. The Labute approximate surface area is 115 Å². The second-order valence-corrected chi connectivity index (χ2v) is 6.56. The molecule has 0 aliphatic heterocycles. The molecule has 18 heavy (non-hydrogen) atoms. The molecule has 0 spiro atoms. The first-order chi connectivity index (χ1) is 8.85. The maximum absolute atomic E-state index is 4.67. The average molecular weight is 277 g/mol. The second-order valence-electron chi connectivity index (χ2n) is 4.29. The Kier molecular flexibility index (Phi) is 3.52. The number of anilines is 1. The minimum absolute atomic E-state index is 0.589. The standard InChI is InChI=1S/C13H15N3S2/c1-2-14-10-8-11(18-12-4-3-7-17-12)16-13(15-10)9-5-6-9/h3-4,7-9H,2,5-6H2,1H3,(H,14,15,16). The molecule has 0 bridgehead atoms. The van der Waals surface area contributed by atoms with Gasteiger partial charge in [0.05, 0.1) is 4.21 Å². The zero-order chi connectivity index (χ0) is 12.4. The molecule has 0 atom stereocenters. The summed E-state index contributed by atoms with van der Waals surface area (Å²) >= 11 is 3.47. The molecule has 1 N–H and O–H groups in total. The number of hydrogen-bond acceptors (Lipinski definition) is 5. The van der Waals surface area contributed by atoms with E-state index < -0.39 is 0 Å². The molecule has 0 saturated heterocycles. The summed E-state index contributed by atoms with van der Waals surface area (Å²) in [6.45, 7) is 2.98. The summed E-state index contributed by atoms with van der Waals surface area (Å²) in [6.07, 6.45) is 2.47. The number of rotatable bonds is 5. The van der Waals surface area contributed by atoms with Gasteiger partial charge in [-0.15, -0.1) is 11.3 Å². The lowest BCUT2D eigenvalue weighted by atomic mass is 10.4. The second kappa shape index (κ2) is 5.28. The molecular formula is C13H15N3S2. The SMILES string of the molecule is CCNc1cc(Sc2cccs2)nc(C2CC2)n1. The van der Waals surface area contributed by atoms with Gasteiger partial charge in [0.1, 0.15) is 16.7 Å². The van der Waals surface area contributed by atoms with Gasteiger partial charge in [0.25, 0.3) is 0 Å². The monoisotopic (exact) mass is 277 g/mol. The van der Waals surface area contributed by atoms with E-state index in [2.05, 4.69) is 39.7 Å². The Bertz CT molecular complexity index is 521. The van der Waals surface area contributed by atoms with Gasteiger partial charge in [0, 0.05) is 18.5 Å². The van der Waals surface area contributed by atoms with Crippen molar-refractivity contribution in [1.82, 2.24) is 9.97 Å². The van der Waals surface area contributed by atoms with Crippen molar-refractivity contribution in [3.8, 4) is 0 Å². The highest BCUT2D eigenvalue weighted by atomic mass is 32.2. The third-order valence-electron chi connectivity index (χ3n) is 2.72. The molecule has 0 unspecified atom stereocenters. The molecule has 3 rings (SSSR count). The van der Waals surface area contributed by atoms with E-state index in [1.807, 2.05) is 6.07 Å². The molecule has 3 nitrogen and oxygen atoms in total. The van der Waals surface area contributed by atoms with Gasteiger partial charge in [-0.2, -0.15) is 0 Å². The molecule has 1 fully saturated rings. The Morgan fingerprint density at radius 2 is 2.33 bits per heavy atom. The van der Waals surface area contributed by atoms with Crippen LogP contribution in [0.25, 0.3) is 0 Å². The molecule has 5 heteroatoms. The topological polar surface area (TPSA) is 37.8 Å². The normalized spacial score (nSPS) is 14.7. The van der Waals surface area contributed by atoms with Crippen LogP contribution < -0.4 is 5.32 Å².